The third-order valence-electron chi connectivity index (χ3n) is 3.72. The predicted octanol–water partition coefficient (Wildman–Crippen LogP) is 2.53. The van der Waals surface area contributed by atoms with E-state index < -0.39 is 0 Å². The van der Waals surface area contributed by atoms with Crippen molar-refractivity contribution in [3.05, 3.63) is 42.1 Å². The quantitative estimate of drug-likeness (QED) is 0.898. The van der Waals surface area contributed by atoms with Gasteiger partial charge in [-0.2, -0.15) is 0 Å². The maximum Gasteiger partial charge on any atom is 0.0702 e. The van der Waals surface area contributed by atoms with Gasteiger partial charge in [0.25, 0.3) is 0 Å². The fraction of sp³-hybridized carbons (Fsp3) is 0.400. The Morgan fingerprint density at radius 2 is 2.28 bits per heavy atom. The van der Waals surface area contributed by atoms with Crippen LogP contribution in [0.3, 0.4) is 0 Å². The average Bonchev–Trinajstić information content (AvgIpc) is 2.93. The van der Waals surface area contributed by atoms with Gasteiger partial charge in [0.05, 0.1) is 12.1 Å². The number of nitrogens with one attached hydrogen (secondary N) is 1. The number of hydrogen-bond donors (Lipinski definition) is 1. The number of para-hydroxylation sites is 1. The van der Waals surface area contributed by atoms with Crippen LogP contribution in [0.4, 0.5) is 0 Å². The van der Waals surface area contributed by atoms with Crippen molar-refractivity contribution in [3.8, 4) is 0 Å². The van der Waals surface area contributed by atoms with Crippen LogP contribution in [-0.4, -0.2) is 25.2 Å². The number of ether oxygens (including phenoxy) is 1. The first-order chi connectivity index (χ1) is 8.88. The number of fused-ring (bicyclic) bond motifs is 1. The highest BCUT2D eigenvalue weighted by Crippen LogP contribution is 2.29. The van der Waals surface area contributed by atoms with Crippen LogP contribution in [0.5, 0.6) is 0 Å². The Hall–Kier alpha value is -1.45. The standard InChI is InChI=1S/C15H18N2O/c1-16-15(12-6-7-18-10-12)13-8-11-4-2-3-5-14(11)17-9-13/h2-5,8-9,12,15-16H,6-7,10H2,1H3. The molecule has 1 aliphatic rings. The highest BCUT2D eigenvalue weighted by Gasteiger charge is 2.26. The van der Waals surface area contributed by atoms with Gasteiger partial charge in [0.1, 0.15) is 0 Å². The summed E-state index contributed by atoms with van der Waals surface area (Å²) in [7, 11) is 2.01. The lowest BCUT2D eigenvalue weighted by Crippen LogP contribution is -2.25. The lowest BCUT2D eigenvalue weighted by molar-refractivity contribution is 0.178. The molecule has 0 bridgehead atoms. The van der Waals surface area contributed by atoms with E-state index in [1.807, 2.05) is 25.4 Å². The summed E-state index contributed by atoms with van der Waals surface area (Å²) in [4.78, 5) is 4.54. The van der Waals surface area contributed by atoms with Crippen LogP contribution in [0.2, 0.25) is 0 Å². The summed E-state index contributed by atoms with van der Waals surface area (Å²) >= 11 is 0. The van der Waals surface area contributed by atoms with Gasteiger partial charge in [0, 0.05) is 30.1 Å². The van der Waals surface area contributed by atoms with Crippen LogP contribution in [0.15, 0.2) is 36.5 Å². The molecule has 2 heterocycles. The minimum Gasteiger partial charge on any atom is -0.381 e. The molecule has 0 amide bonds. The topological polar surface area (TPSA) is 34.2 Å². The maximum atomic E-state index is 5.49. The molecule has 2 aromatic rings. The van der Waals surface area contributed by atoms with E-state index in [0.717, 1.165) is 25.2 Å². The first-order valence-electron chi connectivity index (χ1n) is 6.48. The Labute approximate surface area is 107 Å². The van der Waals surface area contributed by atoms with Crippen LogP contribution in [0, 0.1) is 5.92 Å². The molecule has 0 spiro atoms. The van der Waals surface area contributed by atoms with Gasteiger partial charge in [-0.1, -0.05) is 18.2 Å². The molecular weight excluding hydrogens is 224 g/mol. The second-order valence-electron chi connectivity index (χ2n) is 4.85. The minimum atomic E-state index is 0.338. The van der Waals surface area contributed by atoms with Crippen LogP contribution in [-0.2, 0) is 4.74 Å². The second-order valence-corrected chi connectivity index (χ2v) is 4.85. The third-order valence-corrected chi connectivity index (χ3v) is 3.72. The summed E-state index contributed by atoms with van der Waals surface area (Å²) in [6.07, 6.45) is 3.11. The van der Waals surface area contributed by atoms with Gasteiger partial charge in [-0.15, -0.1) is 0 Å². The summed E-state index contributed by atoms with van der Waals surface area (Å²) in [6.45, 7) is 1.72. The van der Waals surface area contributed by atoms with Gasteiger partial charge in [0.15, 0.2) is 0 Å². The first kappa shape index (κ1) is 11.6. The lowest BCUT2D eigenvalue weighted by Gasteiger charge is -2.22. The van der Waals surface area contributed by atoms with Crippen LogP contribution >= 0.6 is 0 Å². The fourth-order valence-electron chi connectivity index (χ4n) is 2.75. The Bertz CT molecular complexity index is 535. The van der Waals surface area contributed by atoms with E-state index in [-0.39, 0.29) is 0 Å². The van der Waals surface area contributed by atoms with Gasteiger partial charge < -0.3 is 10.1 Å². The summed E-state index contributed by atoms with van der Waals surface area (Å²) in [6, 6.07) is 10.8. The van der Waals surface area contributed by atoms with Crippen LogP contribution in [0.1, 0.15) is 18.0 Å². The third kappa shape index (κ3) is 2.11. The molecule has 2 atom stereocenters. The normalized spacial score (nSPS) is 21.3. The smallest absolute Gasteiger partial charge is 0.0702 e. The Morgan fingerprint density at radius 3 is 3.06 bits per heavy atom. The number of benzene rings is 1. The average molecular weight is 242 g/mol. The highest BCUT2D eigenvalue weighted by atomic mass is 16.5. The van der Waals surface area contributed by atoms with E-state index in [2.05, 4.69) is 28.5 Å². The van der Waals surface area contributed by atoms with Crippen molar-refractivity contribution in [1.29, 1.82) is 0 Å². The molecule has 18 heavy (non-hydrogen) atoms. The zero-order valence-corrected chi connectivity index (χ0v) is 10.6. The summed E-state index contributed by atoms with van der Waals surface area (Å²) in [5.41, 5.74) is 2.31. The van der Waals surface area contributed by atoms with Crippen molar-refractivity contribution in [1.82, 2.24) is 10.3 Å². The number of aromatic nitrogens is 1. The monoisotopic (exact) mass is 242 g/mol. The van der Waals surface area contributed by atoms with Gasteiger partial charge in [0.2, 0.25) is 0 Å². The summed E-state index contributed by atoms with van der Waals surface area (Å²) in [5.74, 6) is 0.554. The molecule has 1 N–H and O–H groups in total. The second kappa shape index (κ2) is 5.04. The number of rotatable bonds is 3. The number of pyridine rings is 1. The van der Waals surface area contributed by atoms with Crippen LogP contribution < -0.4 is 5.32 Å². The van der Waals surface area contributed by atoms with Gasteiger partial charge >= 0.3 is 0 Å². The summed E-state index contributed by atoms with van der Waals surface area (Å²) in [5, 5.41) is 4.61. The van der Waals surface area contributed by atoms with Crippen molar-refractivity contribution < 1.29 is 4.74 Å². The molecule has 0 radical (unpaired) electrons. The van der Waals surface area contributed by atoms with E-state index in [1.54, 1.807) is 0 Å². The predicted molar refractivity (Wildman–Crippen MR) is 72.5 cm³/mol. The zero-order chi connectivity index (χ0) is 12.4. The molecule has 1 aliphatic heterocycles. The molecule has 1 aromatic carbocycles. The highest BCUT2D eigenvalue weighted by molar-refractivity contribution is 5.78. The van der Waals surface area contributed by atoms with Crippen LogP contribution in [0.25, 0.3) is 10.9 Å². The van der Waals surface area contributed by atoms with Crippen molar-refractivity contribution in [3.63, 3.8) is 0 Å². The minimum absolute atomic E-state index is 0.338. The Balaban J connectivity index is 1.96. The maximum absolute atomic E-state index is 5.49. The largest absolute Gasteiger partial charge is 0.381 e. The molecule has 1 aromatic heterocycles. The summed E-state index contributed by atoms with van der Waals surface area (Å²) < 4.78 is 5.49. The lowest BCUT2D eigenvalue weighted by atomic mass is 9.93. The van der Waals surface area contributed by atoms with Gasteiger partial charge in [-0.3, -0.25) is 4.98 Å². The van der Waals surface area contributed by atoms with E-state index >= 15 is 0 Å². The molecule has 0 aliphatic carbocycles. The molecule has 3 rings (SSSR count). The molecule has 94 valence electrons. The SMILES string of the molecule is CNC(c1cnc2ccccc2c1)C1CCOC1. The van der Waals surface area contributed by atoms with Gasteiger partial charge in [-0.25, -0.2) is 0 Å². The fourth-order valence-corrected chi connectivity index (χ4v) is 2.75. The van der Waals surface area contributed by atoms with E-state index in [0.29, 0.717) is 12.0 Å². The molecule has 3 heteroatoms. The molecule has 1 saturated heterocycles. The van der Waals surface area contributed by atoms with Crippen molar-refractivity contribution in [2.24, 2.45) is 5.92 Å². The van der Waals surface area contributed by atoms with Gasteiger partial charge in [-0.05, 0) is 31.2 Å². The molecule has 3 nitrogen and oxygen atoms in total. The Morgan fingerprint density at radius 1 is 1.39 bits per heavy atom. The van der Waals surface area contributed by atoms with E-state index in [9.17, 15) is 0 Å². The zero-order valence-electron chi connectivity index (χ0n) is 10.6. The van der Waals surface area contributed by atoms with E-state index in [1.165, 1.54) is 10.9 Å². The molecule has 2 unspecified atom stereocenters. The van der Waals surface area contributed by atoms with E-state index in [4.69, 9.17) is 4.74 Å². The Kier molecular flexibility index (Phi) is 3.26. The van der Waals surface area contributed by atoms with Crippen molar-refractivity contribution in [2.75, 3.05) is 20.3 Å². The molecule has 1 fully saturated rings. The first-order valence-corrected chi connectivity index (χ1v) is 6.48. The van der Waals surface area contributed by atoms with Crippen molar-refractivity contribution >= 4 is 10.9 Å². The molecule has 0 saturated carbocycles. The number of nitrogens with zero attached hydrogens (tertiary/aromatic N) is 1. The molecular formula is C15H18N2O. The van der Waals surface area contributed by atoms with Crippen molar-refractivity contribution in [2.45, 2.75) is 12.5 Å². The number of hydrogen-bond acceptors (Lipinski definition) is 3.